The van der Waals surface area contributed by atoms with E-state index in [9.17, 15) is 15.0 Å². The van der Waals surface area contributed by atoms with Gasteiger partial charge < -0.3 is 20.1 Å². The van der Waals surface area contributed by atoms with E-state index in [1.807, 2.05) is 24.3 Å². The lowest BCUT2D eigenvalue weighted by Crippen LogP contribution is -1.91. The summed E-state index contributed by atoms with van der Waals surface area (Å²) in [4.78, 5) is 10.7. The maximum atomic E-state index is 10.7. The minimum Gasteiger partial charge on any atom is -0.508 e. The quantitative estimate of drug-likeness (QED) is 0.369. The second-order valence-electron chi connectivity index (χ2n) is 6.74. The third-order valence-electron chi connectivity index (χ3n) is 4.65. The molecule has 4 aromatic rings. The summed E-state index contributed by atoms with van der Waals surface area (Å²) < 4.78 is 6.24. The van der Waals surface area contributed by atoms with Crippen molar-refractivity contribution < 1.29 is 24.9 Å². The average molecular weight is 398 g/mol. The maximum Gasteiger partial charge on any atom is 0.328 e. The molecule has 4 aromatic carbocycles. The zero-order valence-corrected chi connectivity index (χ0v) is 15.8. The molecule has 0 aromatic heterocycles. The molecule has 30 heavy (non-hydrogen) atoms. The standard InChI is InChI=1S/C25H18O5/c26-19-7-4-17(5-8-19)22-12-6-18-15-20(27)9-13-23(18)25(22)30-21-10-1-16(2-11-21)3-14-24(28)29/h1-15,26-27H,(H,28,29)/b14-3+. The van der Waals surface area contributed by atoms with Crippen molar-refractivity contribution in [2.45, 2.75) is 0 Å². The fourth-order valence-electron chi connectivity index (χ4n) is 3.20. The van der Waals surface area contributed by atoms with Crippen LogP contribution >= 0.6 is 0 Å². The van der Waals surface area contributed by atoms with Crippen LogP contribution < -0.4 is 4.74 Å². The van der Waals surface area contributed by atoms with Gasteiger partial charge in [-0.3, -0.25) is 0 Å². The Hall–Kier alpha value is -4.25. The minimum absolute atomic E-state index is 0.167. The normalized spacial score (nSPS) is 11.1. The first-order valence-corrected chi connectivity index (χ1v) is 9.24. The Morgan fingerprint density at radius 1 is 0.800 bits per heavy atom. The number of phenolic OH excluding ortho intramolecular Hbond substituents is 2. The van der Waals surface area contributed by atoms with Gasteiger partial charge in [0.2, 0.25) is 0 Å². The van der Waals surface area contributed by atoms with Gasteiger partial charge in [0.25, 0.3) is 0 Å². The van der Waals surface area contributed by atoms with E-state index < -0.39 is 5.97 Å². The van der Waals surface area contributed by atoms with Crippen LogP contribution in [0, 0.1) is 0 Å². The predicted molar refractivity (Wildman–Crippen MR) is 116 cm³/mol. The molecular weight excluding hydrogens is 380 g/mol. The van der Waals surface area contributed by atoms with Gasteiger partial charge >= 0.3 is 5.97 Å². The number of carboxylic acid groups (broad SMARTS) is 1. The number of phenols is 2. The van der Waals surface area contributed by atoms with Gasteiger partial charge in [-0.15, -0.1) is 0 Å². The molecule has 0 radical (unpaired) electrons. The highest BCUT2D eigenvalue weighted by Gasteiger charge is 2.13. The highest BCUT2D eigenvalue weighted by atomic mass is 16.5. The van der Waals surface area contributed by atoms with Crippen LogP contribution in [-0.4, -0.2) is 21.3 Å². The molecule has 0 fully saturated rings. The lowest BCUT2D eigenvalue weighted by Gasteiger charge is -2.15. The summed E-state index contributed by atoms with van der Waals surface area (Å²) >= 11 is 0. The van der Waals surface area contributed by atoms with Gasteiger partial charge in [0, 0.05) is 17.0 Å². The summed E-state index contributed by atoms with van der Waals surface area (Å²) in [5.74, 6) is 0.542. The number of rotatable bonds is 5. The highest BCUT2D eigenvalue weighted by molar-refractivity contribution is 5.96. The third kappa shape index (κ3) is 4.10. The van der Waals surface area contributed by atoms with Crippen LogP contribution in [0.2, 0.25) is 0 Å². The zero-order valence-electron chi connectivity index (χ0n) is 15.8. The molecule has 0 amide bonds. The first-order valence-electron chi connectivity index (χ1n) is 9.24. The molecule has 0 aliphatic carbocycles. The summed E-state index contributed by atoms with van der Waals surface area (Å²) in [6.45, 7) is 0. The molecule has 0 bridgehead atoms. The average Bonchev–Trinajstić information content (AvgIpc) is 2.74. The smallest absolute Gasteiger partial charge is 0.328 e. The number of hydrogen-bond donors (Lipinski definition) is 3. The number of carbonyl (C=O) groups is 1. The summed E-state index contributed by atoms with van der Waals surface area (Å²) in [5, 5.41) is 29.9. The largest absolute Gasteiger partial charge is 0.508 e. The SMILES string of the molecule is O=C(O)/C=C/c1ccc(Oc2c(-c3ccc(O)cc3)ccc3cc(O)ccc23)cc1. The predicted octanol–water partition coefficient (Wildman–Crippen LogP) is 5.81. The van der Waals surface area contributed by atoms with Gasteiger partial charge in [0.1, 0.15) is 23.0 Å². The van der Waals surface area contributed by atoms with Crippen LogP contribution in [0.1, 0.15) is 5.56 Å². The molecule has 0 aliphatic rings. The van der Waals surface area contributed by atoms with Crippen molar-refractivity contribution in [3.63, 3.8) is 0 Å². The van der Waals surface area contributed by atoms with Gasteiger partial charge in [-0.25, -0.2) is 4.79 Å². The fraction of sp³-hybridized carbons (Fsp3) is 0. The maximum absolute atomic E-state index is 10.7. The number of fused-ring (bicyclic) bond motifs is 1. The van der Waals surface area contributed by atoms with Crippen molar-refractivity contribution >= 4 is 22.8 Å². The third-order valence-corrected chi connectivity index (χ3v) is 4.65. The molecule has 4 rings (SSSR count). The van der Waals surface area contributed by atoms with Crippen molar-refractivity contribution in [2.24, 2.45) is 0 Å². The molecule has 0 saturated carbocycles. The van der Waals surface area contributed by atoms with Gasteiger partial charge in [-0.2, -0.15) is 0 Å². The van der Waals surface area contributed by atoms with E-state index in [1.165, 1.54) is 6.08 Å². The molecule has 5 nitrogen and oxygen atoms in total. The van der Waals surface area contributed by atoms with E-state index in [-0.39, 0.29) is 11.5 Å². The molecule has 0 unspecified atom stereocenters. The first-order chi connectivity index (χ1) is 14.5. The zero-order chi connectivity index (χ0) is 21.1. The van der Waals surface area contributed by atoms with E-state index in [0.717, 1.165) is 33.5 Å². The van der Waals surface area contributed by atoms with Crippen molar-refractivity contribution in [3.05, 3.63) is 90.5 Å². The van der Waals surface area contributed by atoms with Crippen molar-refractivity contribution in [1.82, 2.24) is 0 Å². The summed E-state index contributed by atoms with van der Waals surface area (Å²) in [7, 11) is 0. The Balaban J connectivity index is 1.78. The summed E-state index contributed by atoms with van der Waals surface area (Å²) in [6.07, 6.45) is 2.59. The Morgan fingerprint density at radius 2 is 1.50 bits per heavy atom. The Bertz CT molecular complexity index is 1240. The van der Waals surface area contributed by atoms with Crippen LogP contribution in [0.25, 0.3) is 28.0 Å². The van der Waals surface area contributed by atoms with Gasteiger partial charge in [0.15, 0.2) is 0 Å². The first kappa shape index (κ1) is 19.1. The van der Waals surface area contributed by atoms with Crippen molar-refractivity contribution in [3.8, 4) is 34.1 Å². The molecule has 0 atom stereocenters. The van der Waals surface area contributed by atoms with Gasteiger partial charge in [-0.05, 0) is 71.1 Å². The van der Waals surface area contributed by atoms with Crippen LogP contribution in [0.5, 0.6) is 23.0 Å². The molecule has 0 saturated heterocycles. The second-order valence-corrected chi connectivity index (χ2v) is 6.74. The molecule has 0 spiro atoms. The fourth-order valence-corrected chi connectivity index (χ4v) is 3.20. The topological polar surface area (TPSA) is 87.0 Å². The molecular formula is C25H18O5. The van der Waals surface area contributed by atoms with Crippen LogP contribution in [0.15, 0.2) is 84.9 Å². The Kier molecular flexibility index (Phi) is 5.09. The molecule has 0 heterocycles. The molecule has 5 heteroatoms. The monoisotopic (exact) mass is 398 g/mol. The van der Waals surface area contributed by atoms with E-state index in [1.54, 1.807) is 54.6 Å². The van der Waals surface area contributed by atoms with E-state index in [0.29, 0.717) is 11.5 Å². The van der Waals surface area contributed by atoms with Crippen LogP contribution in [0.3, 0.4) is 0 Å². The number of aromatic hydroxyl groups is 2. The van der Waals surface area contributed by atoms with E-state index in [2.05, 4.69) is 0 Å². The number of ether oxygens (including phenoxy) is 1. The molecule has 148 valence electrons. The van der Waals surface area contributed by atoms with Crippen LogP contribution in [-0.2, 0) is 4.79 Å². The van der Waals surface area contributed by atoms with Gasteiger partial charge in [-0.1, -0.05) is 30.3 Å². The molecule has 0 aliphatic heterocycles. The summed E-state index contributed by atoms with van der Waals surface area (Å²) in [5.41, 5.74) is 2.45. The van der Waals surface area contributed by atoms with E-state index >= 15 is 0 Å². The number of carboxylic acids is 1. The van der Waals surface area contributed by atoms with Crippen LogP contribution in [0.4, 0.5) is 0 Å². The Morgan fingerprint density at radius 3 is 2.20 bits per heavy atom. The Labute approximate surface area is 172 Å². The van der Waals surface area contributed by atoms with E-state index in [4.69, 9.17) is 9.84 Å². The van der Waals surface area contributed by atoms with Crippen molar-refractivity contribution in [2.75, 3.05) is 0 Å². The highest BCUT2D eigenvalue weighted by Crippen LogP contribution is 2.40. The lowest BCUT2D eigenvalue weighted by atomic mass is 9.99. The van der Waals surface area contributed by atoms with Gasteiger partial charge in [0.05, 0.1) is 0 Å². The van der Waals surface area contributed by atoms with Crippen molar-refractivity contribution in [1.29, 1.82) is 0 Å². The number of aliphatic carboxylic acids is 1. The lowest BCUT2D eigenvalue weighted by molar-refractivity contribution is -0.131. The molecule has 3 N–H and O–H groups in total. The minimum atomic E-state index is -1.01. The second kappa shape index (κ2) is 8.01. The summed E-state index contributed by atoms with van der Waals surface area (Å²) in [6, 6.07) is 22.8. The number of benzene rings is 4. The number of hydrogen-bond acceptors (Lipinski definition) is 4.